The Kier molecular flexibility index (Phi) is 5.55. The van der Waals surface area contributed by atoms with Crippen LogP contribution in [0.3, 0.4) is 0 Å². The van der Waals surface area contributed by atoms with E-state index in [4.69, 9.17) is 22.1 Å². The van der Waals surface area contributed by atoms with Crippen LogP contribution in [0.5, 0.6) is 5.75 Å². The molecule has 0 aliphatic rings. The molecule has 2 rings (SSSR count). The molecule has 0 aliphatic carbocycles. The molecule has 0 atom stereocenters. The highest BCUT2D eigenvalue weighted by atomic mass is 35.5. The first-order valence-electron chi connectivity index (χ1n) is 6.39. The number of hydrogen-bond acceptors (Lipinski definition) is 5. The quantitative estimate of drug-likeness (QED) is 0.855. The van der Waals surface area contributed by atoms with Crippen molar-refractivity contribution in [2.75, 3.05) is 19.0 Å². The molecular formula is C14H16ClN3O2S. The fourth-order valence-electron chi connectivity index (χ4n) is 1.81. The first-order chi connectivity index (χ1) is 10.1. The number of amides is 1. The molecule has 1 aromatic heterocycles. The van der Waals surface area contributed by atoms with Gasteiger partial charge >= 0.3 is 0 Å². The lowest BCUT2D eigenvalue weighted by molar-refractivity contribution is -0.115. The van der Waals surface area contributed by atoms with E-state index in [1.165, 1.54) is 11.3 Å². The lowest BCUT2D eigenvalue weighted by atomic mass is 10.2. The Morgan fingerprint density at radius 3 is 3.05 bits per heavy atom. The normalized spacial score (nSPS) is 10.4. The van der Waals surface area contributed by atoms with Crippen molar-refractivity contribution in [1.82, 2.24) is 4.98 Å². The number of benzene rings is 1. The number of carbonyl (C=O) groups is 1. The SMILES string of the molecule is COc1ccc(Cl)cc1NC(=O)Cc1csc(CCN)n1. The van der Waals surface area contributed by atoms with Crippen LogP contribution in [0, 0.1) is 0 Å². The van der Waals surface area contributed by atoms with E-state index in [0.29, 0.717) is 23.0 Å². The van der Waals surface area contributed by atoms with Crippen LogP contribution in [0.25, 0.3) is 0 Å². The highest BCUT2D eigenvalue weighted by Crippen LogP contribution is 2.27. The molecule has 1 amide bonds. The Labute approximate surface area is 132 Å². The smallest absolute Gasteiger partial charge is 0.230 e. The summed E-state index contributed by atoms with van der Waals surface area (Å²) >= 11 is 7.44. The maximum atomic E-state index is 12.1. The summed E-state index contributed by atoms with van der Waals surface area (Å²) in [5.74, 6) is 0.398. The Morgan fingerprint density at radius 2 is 2.33 bits per heavy atom. The monoisotopic (exact) mass is 325 g/mol. The number of hydrogen-bond donors (Lipinski definition) is 2. The number of halogens is 1. The second-order valence-corrected chi connectivity index (χ2v) is 5.72. The molecule has 112 valence electrons. The molecule has 0 saturated heterocycles. The zero-order valence-corrected chi connectivity index (χ0v) is 13.1. The van der Waals surface area contributed by atoms with Crippen molar-refractivity contribution in [3.63, 3.8) is 0 Å². The standard InChI is InChI=1S/C14H16ClN3O2S/c1-20-12-3-2-9(15)6-11(12)18-13(19)7-10-8-21-14(17-10)4-5-16/h2-3,6,8H,4-5,7,16H2,1H3,(H,18,19). The van der Waals surface area contributed by atoms with Gasteiger partial charge in [-0.05, 0) is 24.7 Å². The fraction of sp³-hybridized carbons (Fsp3) is 0.286. The van der Waals surface area contributed by atoms with Crippen LogP contribution in [0.1, 0.15) is 10.7 Å². The van der Waals surface area contributed by atoms with Crippen LogP contribution in [0.4, 0.5) is 5.69 Å². The van der Waals surface area contributed by atoms with Crippen molar-refractivity contribution in [2.24, 2.45) is 5.73 Å². The van der Waals surface area contributed by atoms with Gasteiger partial charge in [0.25, 0.3) is 0 Å². The van der Waals surface area contributed by atoms with Crippen LogP contribution in [-0.2, 0) is 17.6 Å². The fourth-order valence-corrected chi connectivity index (χ4v) is 2.79. The Hall–Kier alpha value is -1.63. The molecule has 1 heterocycles. The predicted octanol–water partition coefficient (Wildman–Crippen LogP) is 2.49. The Bertz CT molecular complexity index is 630. The largest absolute Gasteiger partial charge is 0.495 e. The highest BCUT2D eigenvalue weighted by molar-refractivity contribution is 7.09. The van der Waals surface area contributed by atoms with Gasteiger partial charge in [-0.3, -0.25) is 4.79 Å². The average molecular weight is 326 g/mol. The highest BCUT2D eigenvalue weighted by Gasteiger charge is 2.11. The molecule has 3 N–H and O–H groups in total. The molecule has 5 nitrogen and oxygen atoms in total. The van der Waals surface area contributed by atoms with Crippen LogP contribution in [0.2, 0.25) is 5.02 Å². The lowest BCUT2D eigenvalue weighted by Gasteiger charge is -2.10. The molecule has 21 heavy (non-hydrogen) atoms. The van der Waals surface area contributed by atoms with Crippen LogP contribution >= 0.6 is 22.9 Å². The maximum absolute atomic E-state index is 12.1. The molecule has 7 heteroatoms. The van der Waals surface area contributed by atoms with E-state index < -0.39 is 0 Å². The molecular weight excluding hydrogens is 310 g/mol. The summed E-state index contributed by atoms with van der Waals surface area (Å²) in [5, 5.41) is 6.14. The molecule has 1 aromatic carbocycles. The molecule has 0 radical (unpaired) electrons. The van der Waals surface area contributed by atoms with Crippen LogP contribution in [0.15, 0.2) is 23.6 Å². The molecule has 0 bridgehead atoms. The number of nitrogens with one attached hydrogen (secondary N) is 1. The van der Waals surface area contributed by atoms with E-state index in [-0.39, 0.29) is 12.3 Å². The molecule has 2 aromatic rings. The van der Waals surface area contributed by atoms with E-state index in [1.807, 2.05) is 5.38 Å². The van der Waals surface area contributed by atoms with Gasteiger partial charge in [0.15, 0.2) is 0 Å². The van der Waals surface area contributed by atoms with Gasteiger partial charge < -0.3 is 15.8 Å². The molecule has 0 fully saturated rings. The summed E-state index contributed by atoms with van der Waals surface area (Å²) in [6, 6.07) is 5.06. The van der Waals surface area contributed by atoms with Crippen molar-refractivity contribution in [1.29, 1.82) is 0 Å². The van der Waals surface area contributed by atoms with E-state index in [9.17, 15) is 4.79 Å². The van der Waals surface area contributed by atoms with E-state index >= 15 is 0 Å². The third kappa shape index (κ3) is 4.42. The van der Waals surface area contributed by atoms with E-state index in [2.05, 4.69) is 10.3 Å². The summed E-state index contributed by atoms with van der Waals surface area (Å²) in [6.07, 6.45) is 0.936. The summed E-state index contributed by atoms with van der Waals surface area (Å²) in [4.78, 5) is 16.4. The van der Waals surface area contributed by atoms with Gasteiger partial charge in [-0.15, -0.1) is 11.3 Å². The van der Waals surface area contributed by atoms with Gasteiger partial charge in [-0.2, -0.15) is 0 Å². The van der Waals surface area contributed by atoms with E-state index in [1.54, 1.807) is 25.3 Å². The van der Waals surface area contributed by atoms with Gasteiger partial charge in [-0.1, -0.05) is 11.6 Å². The second kappa shape index (κ2) is 7.40. The number of aromatic nitrogens is 1. The minimum absolute atomic E-state index is 0.167. The maximum Gasteiger partial charge on any atom is 0.230 e. The molecule has 0 spiro atoms. The average Bonchev–Trinajstić information content (AvgIpc) is 2.86. The van der Waals surface area contributed by atoms with Gasteiger partial charge in [-0.25, -0.2) is 4.98 Å². The van der Waals surface area contributed by atoms with Crippen molar-refractivity contribution >= 4 is 34.5 Å². The number of nitrogens with two attached hydrogens (primary N) is 1. The minimum atomic E-state index is -0.167. The predicted molar refractivity (Wildman–Crippen MR) is 85.2 cm³/mol. The van der Waals surface area contributed by atoms with Crippen molar-refractivity contribution < 1.29 is 9.53 Å². The summed E-state index contributed by atoms with van der Waals surface area (Å²) in [7, 11) is 1.54. The Balaban J connectivity index is 2.02. The van der Waals surface area contributed by atoms with Gasteiger partial charge in [0, 0.05) is 16.8 Å². The van der Waals surface area contributed by atoms with Gasteiger partial charge in [0.1, 0.15) is 5.75 Å². The van der Waals surface area contributed by atoms with Crippen molar-refractivity contribution in [2.45, 2.75) is 12.8 Å². The summed E-state index contributed by atoms with van der Waals surface area (Å²) in [5.41, 5.74) is 6.77. The molecule has 0 saturated carbocycles. The van der Waals surface area contributed by atoms with Gasteiger partial charge in [0.2, 0.25) is 5.91 Å². The Morgan fingerprint density at radius 1 is 1.52 bits per heavy atom. The number of carbonyl (C=O) groups excluding carboxylic acids is 1. The first kappa shape index (κ1) is 15.8. The zero-order chi connectivity index (χ0) is 15.2. The zero-order valence-electron chi connectivity index (χ0n) is 11.6. The number of rotatable bonds is 6. The third-order valence-electron chi connectivity index (χ3n) is 2.73. The van der Waals surface area contributed by atoms with Gasteiger partial charge in [0.05, 0.1) is 29.9 Å². The molecule has 0 aliphatic heterocycles. The number of methoxy groups -OCH3 is 1. The lowest BCUT2D eigenvalue weighted by Crippen LogP contribution is -2.15. The molecule has 0 unspecified atom stereocenters. The second-order valence-electron chi connectivity index (χ2n) is 4.34. The summed E-state index contributed by atoms with van der Waals surface area (Å²) in [6.45, 7) is 0.554. The van der Waals surface area contributed by atoms with E-state index in [0.717, 1.165) is 17.1 Å². The first-order valence-corrected chi connectivity index (χ1v) is 7.65. The van der Waals surface area contributed by atoms with Crippen molar-refractivity contribution in [3.8, 4) is 5.75 Å². The number of nitrogens with zero attached hydrogens (tertiary/aromatic N) is 1. The number of anilines is 1. The minimum Gasteiger partial charge on any atom is -0.495 e. The topological polar surface area (TPSA) is 77.2 Å². The third-order valence-corrected chi connectivity index (χ3v) is 3.93. The van der Waals surface area contributed by atoms with Crippen LogP contribution in [-0.4, -0.2) is 24.5 Å². The van der Waals surface area contributed by atoms with Crippen LogP contribution < -0.4 is 15.8 Å². The van der Waals surface area contributed by atoms with Crippen molar-refractivity contribution in [3.05, 3.63) is 39.3 Å². The number of ether oxygens (including phenoxy) is 1. The summed E-state index contributed by atoms with van der Waals surface area (Å²) < 4.78 is 5.19. The number of thiazole rings is 1.